The van der Waals surface area contributed by atoms with E-state index in [4.69, 9.17) is 9.84 Å². The lowest BCUT2D eigenvalue weighted by Gasteiger charge is -2.13. The second kappa shape index (κ2) is 7.45. The molecule has 18 heavy (non-hydrogen) atoms. The number of aliphatic carboxylic acids is 1. The zero-order valence-corrected chi connectivity index (χ0v) is 10.3. The zero-order chi connectivity index (χ0) is 13.4. The van der Waals surface area contributed by atoms with E-state index in [1.165, 1.54) is 0 Å². The van der Waals surface area contributed by atoms with E-state index in [2.05, 4.69) is 0 Å². The van der Waals surface area contributed by atoms with Crippen LogP contribution in [0.25, 0.3) is 0 Å². The van der Waals surface area contributed by atoms with Crippen molar-refractivity contribution in [2.75, 3.05) is 26.7 Å². The van der Waals surface area contributed by atoms with Crippen LogP contribution in [-0.4, -0.2) is 49.0 Å². The summed E-state index contributed by atoms with van der Waals surface area (Å²) in [7, 11) is 1.83. The van der Waals surface area contributed by atoms with E-state index in [0.717, 1.165) is 6.29 Å². The number of hydrogen-bond donors (Lipinski definition) is 1. The molecule has 0 unspecified atom stereocenters. The van der Waals surface area contributed by atoms with Gasteiger partial charge in [-0.2, -0.15) is 0 Å². The summed E-state index contributed by atoms with van der Waals surface area (Å²) in [6.07, 6.45) is 0.829. The van der Waals surface area contributed by atoms with Crippen LogP contribution in [0.2, 0.25) is 0 Å². The largest absolute Gasteiger partial charge is 0.492 e. The van der Waals surface area contributed by atoms with Crippen molar-refractivity contribution in [3.63, 3.8) is 0 Å². The number of ether oxygens (including phenoxy) is 1. The maximum Gasteiger partial charge on any atom is 0.307 e. The van der Waals surface area contributed by atoms with E-state index < -0.39 is 5.97 Å². The molecule has 1 N–H and O–H groups in total. The summed E-state index contributed by atoms with van der Waals surface area (Å²) in [6, 6.07) is 7.02. The van der Waals surface area contributed by atoms with Gasteiger partial charge in [0.15, 0.2) is 0 Å². The van der Waals surface area contributed by atoms with E-state index in [9.17, 15) is 9.59 Å². The van der Waals surface area contributed by atoms with Crippen LogP contribution in [0.3, 0.4) is 0 Å². The van der Waals surface area contributed by atoms with Crippen LogP contribution in [0.1, 0.15) is 5.56 Å². The van der Waals surface area contributed by atoms with Crippen molar-refractivity contribution in [2.45, 2.75) is 6.42 Å². The van der Waals surface area contributed by atoms with E-state index >= 15 is 0 Å². The zero-order valence-electron chi connectivity index (χ0n) is 10.3. The van der Waals surface area contributed by atoms with Crippen LogP contribution in [0.15, 0.2) is 24.3 Å². The molecule has 5 heteroatoms. The third-order valence-electron chi connectivity index (χ3n) is 2.38. The van der Waals surface area contributed by atoms with Gasteiger partial charge >= 0.3 is 5.97 Å². The van der Waals surface area contributed by atoms with Crippen LogP contribution in [0.4, 0.5) is 0 Å². The first kappa shape index (κ1) is 14.2. The molecule has 0 aliphatic carbocycles. The van der Waals surface area contributed by atoms with Crippen molar-refractivity contribution >= 4 is 12.3 Å². The number of carbonyl (C=O) groups excluding carboxylic acids is 1. The number of carboxylic acid groups (broad SMARTS) is 1. The highest BCUT2D eigenvalue weighted by Gasteiger charge is 2.02. The number of carboxylic acids is 1. The second-order valence-corrected chi connectivity index (χ2v) is 4.00. The lowest BCUT2D eigenvalue weighted by atomic mass is 10.1. The molecule has 0 aromatic heterocycles. The Kier molecular flexibility index (Phi) is 5.87. The summed E-state index contributed by atoms with van der Waals surface area (Å²) < 4.78 is 5.49. The highest BCUT2D eigenvalue weighted by Crippen LogP contribution is 2.13. The number of carbonyl (C=O) groups is 2. The Bertz CT molecular complexity index is 406. The first-order valence-electron chi connectivity index (χ1n) is 5.67. The Morgan fingerprint density at radius 1 is 1.50 bits per heavy atom. The van der Waals surface area contributed by atoms with E-state index in [1.54, 1.807) is 24.3 Å². The maximum absolute atomic E-state index is 10.6. The Labute approximate surface area is 106 Å². The van der Waals surface area contributed by atoms with Gasteiger partial charge in [0.25, 0.3) is 0 Å². The maximum atomic E-state index is 10.6. The fourth-order valence-corrected chi connectivity index (χ4v) is 1.46. The van der Waals surface area contributed by atoms with Gasteiger partial charge in [-0.15, -0.1) is 0 Å². The molecular weight excluding hydrogens is 234 g/mol. The summed E-state index contributed by atoms with van der Waals surface area (Å²) in [6.45, 7) is 1.48. The highest BCUT2D eigenvalue weighted by molar-refractivity contribution is 5.70. The van der Waals surface area contributed by atoms with Gasteiger partial charge < -0.3 is 14.6 Å². The number of hydrogen-bond acceptors (Lipinski definition) is 4. The molecule has 1 aromatic carbocycles. The normalized spacial score (nSPS) is 10.3. The van der Waals surface area contributed by atoms with E-state index in [-0.39, 0.29) is 6.42 Å². The Balaban J connectivity index is 2.42. The quantitative estimate of drug-likeness (QED) is 0.693. The Morgan fingerprint density at radius 2 is 2.28 bits per heavy atom. The molecule has 1 rings (SSSR count). The molecule has 0 aliphatic rings. The average molecular weight is 251 g/mol. The van der Waals surface area contributed by atoms with Crippen LogP contribution < -0.4 is 4.74 Å². The standard InChI is InChI=1S/C13H17NO4/c1-14(5-7-15)6-8-18-12-4-2-3-11(9-12)10-13(16)17/h2-4,7,9H,5-6,8,10H2,1H3,(H,16,17). The predicted molar refractivity (Wildman–Crippen MR) is 66.8 cm³/mol. The molecular formula is C13H17NO4. The summed E-state index contributed by atoms with van der Waals surface area (Å²) in [4.78, 5) is 22.7. The molecule has 0 bridgehead atoms. The van der Waals surface area contributed by atoms with Gasteiger partial charge in [-0.1, -0.05) is 12.1 Å². The lowest BCUT2D eigenvalue weighted by Crippen LogP contribution is -2.25. The predicted octanol–water partition coefficient (Wildman–Crippen LogP) is 0.823. The summed E-state index contributed by atoms with van der Waals surface area (Å²) in [5.74, 6) is -0.217. The Morgan fingerprint density at radius 3 is 2.94 bits per heavy atom. The van der Waals surface area contributed by atoms with Crippen LogP contribution in [0, 0.1) is 0 Å². The van der Waals surface area contributed by atoms with Crippen molar-refractivity contribution in [1.82, 2.24) is 4.90 Å². The van der Waals surface area contributed by atoms with E-state index in [1.807, 2.05) is 11.9 Å². The van der Waals surface area contributed by atoms with Crippen molar-refractivity contribution in [1.29, 1.82) is 0 Å². The average Bonchev–Trinajstić information content (AvgIpc) is 2.29. The van der Waals surface area contributed by atoms with Crippen molar-refractivity contribution in [3.05, 3.63) is 29.8 Å². The van der Waals surface area contributed by atoms with E-state index in [0.29, 0.717) is 31.0 Å². The molecule has 0 radical (unpaired) electrons. The molecule has 1 aromatic rings. The van der Waals surface area contributed by atoms with Crippen LogP contribution in [0.5, 0.6) is 5.75 Å². The Hall–Kier alpha value is -1.88. The van der Waals surface area contributed by atoms with Gasteiger partial charge in [-0.25, -0.2) is 0 Å². The summed E-state index contributed by atoms with van der Waals surface area (Å²) >= 11 is 0. The first-order chi connectivity index (χ1) is 8.61. The monoisotopic (exact) mass is 251 g/mol. The van der Waals surface area contributed by atoms with Gasteiger partial charge in [0.2, 0.25) is 0 Å². The number of benzene rings is 1. The molecule has 0 heterocycles. The molecule has 0 aliphatic heterocycles. The smallest absolute Gasteiger partial charge is 0.307 e. The third kappa shape index (κ3) is 5.45. The van der Waals surface area contributed by atoms with Crippen molar-refractivity contribution < 1.29 is 19.4 Å². The number of nitrogens with zero attached hydrogens (tertiary/aromatic N) is 1. The van der Waals surface area contributed by atoms with Gasteiger partial charge in [-0.05, 0) is 24.7 Å². The first-order valence-corrected chi connectivity index (χ1v) is 5.67. The molecule has 0 atom stereocenters. The summed E-state index contributed by atoms with van der Waals surface area (Å²) in [5, 5.41) is 8.69. The van der Waals surface area contributed by atoms with Crippen LogP contribution in [-0.2, 0) is 16.0 Å². The minimum Gasteiger partial charge on any atom is -0.492 e. The third-order valence-corrected chi connectivity index (χ3v) is 2.38. The summed E-state index contributed by atoms with van der Waals surface area (Å²) in [5.41, 5.74) is 0.709. The highest BCUT2D eigenvalue weighted by atomic mass is 16.5. The molecule has 5 nitrogen and oxygen atoms in total. The van der Waals surface area contributed by atoms with Gasteiger partial charge in [-0.3, -0.25) is 9.69 Å². The number of likely N-dealkylation sites (N-methyl/N-ethyl adjacent to an activating group) is 1. The lowest BCUT2D eigenvalue weighted by molar-refractivity contribution is -0.136. The topological polar surface area (TPSA) is 66.8 Å². The van der Waals surface area contributed by atoms with Crippen molar-refractivity contribution in [2.24, 2.45) is 0 Å². The fraction of sp³-hybridized carbons (Fsp3) is 0.385. The second-order valence-electron chi connectivity index (χ2n) is 4.00. The molecule has 0 spiro atoms. The molecule has 0 fully saturated rings. The van der Waals surface area contributed by atoms with Gasteiger partial charge in [0, 0.05) is 6.54 Å². The minimum absolute atomic E-state index is 0.0117. The molecule has 98 valence electrons. The number of aldehydes is 1. The molecule has 0 saturated carbocycles. The molecule has 0 saturated heterocycles. The SMILES string of the molecule is CN(CC=O)CCOc1cccc(CC(=O)O)c1. The fourth-order valence-electron chi connectivity index (χ4n) is 1.46. The van der Waals surface area contributed by atoms with Crippen LogP contribution >= 0.6 is 0 Å². The van der Waals surface area contributed by atoms with Gasteiger partial charge in [0.05, 0.1) is 13.0 Å². The molecule has 0 amide bonds. The number of rotatable bonds is 8. The van der Waals surface area contributed by atoms with Gasteiger partial charge in [0.1, 0.15) is 18.6 Å². The van der Waals surface area contributed by atoms with Crippen molar-refractivity contribution in [3.8, 4) is 5.75 Å². The minimum atomic E-state index is -0.863.